The third kappa shape index (κ3) is 3.09. The van der Waals surface area contributed by atoms with Gasteiger partial charge in [0.1, 0.15) is 5.75 Å². The van der Waals surface area contributed by atoms with Crippen LogP contribution in [0.25, 0.3) is 0 Å². The third-order valence-corrected chi connectivity index (χ3v) is 6.94. The first kappa shape index (κ1) is 17.4. The van der Waals surface area contributed by atoms with Crippen molar-refractivity contribution in [3.05, 3.63) is 46.7 Å². The molecule has 1 aliphatic heterocycles. The number of carbonyl (C=O) groups excluding carboxylic acids is 1. The highest BCUT2D eigenvalue weighted by Gasteiger charge is 2.46. The summed E-state index contributed by atoms with van der Waals surface area (Å²) in [7, 11) is 1.69. The fraction of sp³-hybridized carbons (Fsp3) is 0.476. The Morgan fingerprint density at radius 3 is 2.31 bits per heavy atom. The molecule has 1 aliphatic carbocycles. The lowest BCUT2D eigenvalue weighted by atomic mass is 9.82. The van der Waals surface area contributed by atoms with E-state index in [4.69, 9.17) is 4.74 Å². The molecule has 1 aromatic heterocycles. The van der Waals surface area contributed by atoms with Crippen LogP contribution in [0.5, 0.6) is 5.75 Å². The van der Waals surface area contributed by atoms with E-state index in [2.05, 4.69) is 39.4 Å². The van der Waals surface area contributed by atoms with E-state index in [1.165, 1.54) is 10.6 Å². The van der Waals surface area contributed by atoms with Crippen molar-refractivity contribution in [3.63, 3.8) is 0 Å². The monoisotopic (exact) mass is 370 g/mol. The van der Waals surface area contributed by atoms with Gasteiger partial charge in [-0.3, -0.25) is 4.79 Å². The second-order valence-electron chi connectivity index (χ2n) is 7.24. The van der Waals surface area contributed by atoms with Gasteiger partial charge in [0.15, 0.2) is 0 Å². The van der Waals surface area contributed by atoms with Crippen molar-refractivity contribution >= 4 is 22.9 Å². The van der Waals surface area contributed by atoms with Gasteiger partial charge in [0.2, 0.25) is 5.91 Å². The number of thiophene rings is 1. The smallest absolute Gasteiger partial charge is 0.234 e. The zero-order valence-electron chi connectivity index (χ0n) is 15.3. The summed E-state index contributed by atoms with van der Waals surface area (Å²) in [6.07, 6.45) is 4.33. The Balaban J connectivity index is 1.44. The van der Waals surface area contributed by atoms with Crippen molar-refractivity contribution in [1.29, 1.82) is 0 Å². The highest BCUT2D eigenvalue weighted by molar-refractivity contribution is 7.10. The second-order valence-corrected chi connectivity index (χ2v) is 8.19. The van der Waals surface area contributed by atoms with Gasteiger partial charge in [0.05, 0.1) is 12.5 Å². The van der Waals surface area contributed by atoms with Crippen molar-refractivity contribution in [3.8, 4) is 5.75 Å². The van der Waals surface area contributed by atoms with Crippen LogP contribution in [0, 0.1) is 0 Å². The van der Waals surface area contributed by atoms with Gasteiger partial charge in [-0.25, -0.2) is 0 Å². The SMILES string of the molecule is COc1ccc(N2CCN(C(=O)C3(c4cccs4)CCCC3)CC2)cc1. The standard InChI is InChI=1S/C21H26N2O2S/c1-25-18-8-6-17(7-9-18)22-12-14-23(15-13-22)20(24)21(10-2-3-11-21)19-5-4-16-26-19/h4-9,16H,2-3,10-15H2,1H3. The molecule has 0 bridgehead atoms. The Hall–Kier alpha value is -2.01. The van der Waals surface area contributed by atoms with Crippen LogP contribution in [-0.2, 0) is 10.2 Å². The van der Waals surface area contributed by atoms with E-state index in [0.717, 1.165) is 57.6 Å². The van der Waals surface area contributed by atoms with Crippen molar-refractivity contribution in [2.45, 2.75) is 31.1 Å². The summed E-state index contributed by atoms with van der Waals surface area (Å²) in [6, 6.07) is 12.4. The summed E-state index contributed by atoms with van der Waals surface area (Å²) in [5.74, 6) is 1.23. The first-order valence-corrected chi connectivity index (χ1v) is 10.3. The minimum Gasteiger partial charge on any atom is -0.497 e. The fourth-order valence-corrected chi connectivity index (χ4v) is 5.34. The van der Waals surface area contributed by atoms with Gasteiger partial charge in [-0.2, -0.15) is 0 Å². The summed E-state index contributed by atoms with van der Waals surface area (Å²) in [6.45, 7) is 3.38. The molecule has 4 rings (SSSR count). The van der Waals surface area contributed by atoms with Crippen LogP contribution in [0.1, 0.15) is 30.6 Å². The molecule has 5 heteroatoms. The Bertz CT molecular complexity index is 728. The summed E-state index contributed by atoms with van der Waals surface area (Å²) in [5.41, 5.74) is 0.947. The highest BCUT2D eigenvalue weighted by Crippen LogP contribution is 2.44. The lowest BCUT2D eigenvalue weighted by Crippen LogP contribution is -2.54. The van der Waals surface area contributed by atoms with Crippen molar-refractivity contribution < 1.29 is 9.53 Å². The Morgan fingerprint density at radius 1 is 1.04 bits per heavy atom. The number of methoxy groups -OCH3 is 1. The Labute approximate surface area is 159 Å². The molecule has 2 fully saturated rings. The summed E-state index contributed by atoms with van der Waals surface area (Å²) < 4.78 is 5.24. The number of amides is 1. The molecular formula is C21H26N2O2S. The van der Waals surface area contributed by atoms with Gasteiger partial charge in [0, 0.05) is 36.7 Å². The molecule has 1 aromatic carbocycles. The number of hydrogen-bond acceptors (Lipinski definition) is 4. The molecule has 1 saturated heterocycles. The number of piperazine rings is 1. The Morgan fingerprint density at radius 2 is 1.73 bits per heavy atom. The Kier molecular flexibility index (Phi) is 4.90. The van der Waals surface area contributed by atoms with E-state index in [1.54, 1.807) is 18.4 Å². The van der Waals surface area contributed by atoms with Crippen LogP contribution in [0.15, 0.2) is 41.8 Å². The topological polar surface area (TPSA) is 32.8 Å². The van der Waals surface area contributed by atoms with Crippen LogP contribution >= 0.6 is 11.3 Å². The van der Waals surface area contributed by atoms with Gasteiger partial charge >= 0.3 is 0 Å². The number of nitrogens with zero attached hydrogens (tertiary/aromatic N) is 2. The van der Waals surface area contributed by atoms with E-state index in [1.807, 2.05) is 12.1 Å². The first-order chi connectivity index (χ1) is 12.7. The molecule has 2 heterocycles. The zero-order chi connectivity index (χ0) is 18.0. The molecule has 2 aliphatic rings. The maximum atomic E-state index is 13.4. The normalized spacial score (nSPS) is 19.6. The quantitative estimate of drug-likeness (QED) is 0.818. The van der Waals surface area contributed by atoms with E-state index < -0.39 is 0 Å². The van der Waals surface area contributed by atoms with Gasteiger partial charge in [-0.1, -0.05) is 18.9 Å². The van der Waals surface area contributed by atoms with Crippen molar-refractivity contribution in [1.82, 2.24) is 4.90 Å². The highest BCUT2D eigenvalue weighted by atomic mass is 32.1. The van der Waals surface area contributed by atoms with Crippen molar-refractivity contribution in [2.24, 2.45) is 0 Å². The summed E-state index contributed by atoms with van der Waals surface area (Å²) >= 11 is 1.74. The average Bonchev–Trinajstić information content (AvgIpc) is 3.40. The number of anilines is 1. The number of carbonyl (C=O) groups is 1. The molecule has 0 spiro atoms. The van der Waals surface area contributed by atoms with Crippen LogP contribution < -0.4 is 9.64 Å². The largest absolute Gasteiger partial charge is 0.497 e. The maximum Gasteiger partial charge on any atom is 0.234 e. The van der Waals surface area contributed by atoms with Gasteiger partial charge in [0.25, 0.3) is 0 Å². The van der Waals surface area contributed by atoms with Crippen LogP contribution in [0.3, 0.4) is 0 Å². The van der Waals surface area contributed by atoms with E-state index >= 15 is 0 Å². The maximum absolute atomic E-state index is 13.4. The van der Waals surface area contributed by atoms with E-state index in [0.29, 0.717) is 5.91 Å². The molecule has 0 atom stereocenters. The lowest BCUT2D eigenvalue weighted by Gasteiger charge is -2.40. The van der Waals surface area contributed by atoms with Gasteiger partial charge < -0.3 is 14.5 Å². The summed E-state index contributed by atoms with van der Waals surface area (Å²) in [5, 5.41) is 2.10. The van der Waals surface area contributed by atoms with E-state index in [-0.39, 0.29) is 5.41 Å². The predicted molar refractivity (Wildman–Crippen MR) is 106 cm³/mol. The minimum atomic E-state index is -0.254. The first-order valence-electron chi connectivity index (χ1n) is 9.45. The molecular weight excluding hydrogens is 344 g/mol. The van der Waals surface area contributed by atoms with E-state index in [9.17, 15) is 4.79 Å². The fourth-order valence-electron chi connectivity index (χ4n) is 4.36. The molecule has 2 aromatic rings. The number of benzene rings is 1. The molecule has 138 valence electrons. The minimum absolute atomic E-state index is 0.254. The van der Waals surface area contributed by atoms with Crippen molar-refractivity contribution in [2.75, 3.05) is 38.2 Å². The molecule has 1 saturated carbocycles. The third-order valence-electron chi connectivity index (χ3n) is 5.86. The van der Waals surface area contributed by atoms with Gasteiger partial charge in [-0.15, -0.1) is 11.3 Å². The average molecular weight is 371 g/mol. The molecule has 0 radical (unpaired) electrons. The van der Waals surface area contributed by atoms with Crippen LogP contribution in [-0.4, -0.2) is 44.1 Å². The number of rotatable bonds is 4. The molecule has 0 N–H and O–H groups in total. The van der Waals surface area contributed by atoms with Crippen LogP contribution in [0.2, 0.25) is 0 Å². The van der Waals surface area contributed by atoms with Gasteiger partial charge in [-0.05, 0) is 48.6 Å². The second kappa shape index (κ2) is 7.31. The van der Waals surface area contributed by atoms with Crippen LogP contribution in [0.4, 0.5) is 5.69 Å². The summed E-state index contributed by atoms with van der Waals surface area (Å²) in [4.78, 5) is 19.2. The number of hydrogen-bond donors (Lipinski definition) is 0. The lowest BCUT2D eigenvalue weighted by molar-refractivity contribution is -0.137. The molecule has 26 heavy (non-hydrogen) atoms. The molecule has 0 unspecified atom stereocenters. The molecule has 1 amide bonds. The molecule has 4 nitrogen and oxygen atoms in total. The number of ether oxygens (including phenoxy) is 1. The zero-order valence-corrected chi connectivity index (χ0v) is 16.1. The predicted octanol–water partition coefficient (Wildman–Crippen LogP) is 3.92.